The van der Waals surface area contributed by atoms with Crippen LogP contribution in [0.15, 0.2) is 24.4 Å². The molecular formula is C12H11Cl2N3O2. The zero-order valence-electron chi connectivity index (χ0n) is 10.0. The van der Waals surface area contributed by atoms with Crippen molar-refractivity contribution in [2.75, 3.05) is 5.32 Å². The predicted molar refractivity (Wildman–Crippen MR) is 73.7 cm³/mol. The number of nitrogens with zero attached hydrogens (tertiary/aromatic N) is 2. The number of rotatable bonds is 3. The van der Waals surface area contributed by atoms with E-state index in [-0.39, 0.29) is 24.2 Å². The Hall–Kier alpha value is -1.72. The Bertz CT molecular complexity index is 605. The highest BCUT2D eigenvalue weighted by Gasteiger charge is 2.13. The first kappa shape index (κ1) is 13.7. The zero-order valence-corrected chi connectivity index (χ0v) is 11.5. The summed E-state index contributed by atoms with van der Waals surface area (Å²) in [4.78, 5) is 15.6. The molecule has 7 heteroatoms. The summed E-state index contributed by atoms with van der Waals surface area (Å²) in [6, 6.07) is 5.05. The number of aryl methyl sites for hydroxylation is 1. The van der Waals surface area contributed by atoms with Gasteiger partial charge in [-0.15, -0.1) is 0 Å². The van der Waals surface area contributed by atoms with Crippen LogP contribution in [-0.2, 0) is 18.3 Å². The average molecular weight is 300 g/mol. The number of benzene rings is 1. The van der Waals surface area contributed by atoms with Crippen molar-refractivity contribution in [1.29, 1.82) is 0 Å². The standard InChI is InChI=1S/C12H11Cl2N3O2/c1-17-6-11(19)16-12(17)15-10(18)5-7-8(13)3-2-4-9(7)14/h2-4,6,19H,5H2,1H3,(H,15,16,18). The molecule has 0 saturated carbocycles. The number of carbonyl (C=O) groups is 1. The fraction of sp³-hybridized carbons (Fsp3) is 0.167. The molecule has 0 saturated heterocycles. The molecular weight excluding hydrogens is 289 g/mol. The molecule has 0 aliphatic rings. The predicted octanol–water partition coefficient (Wildman–Crippen LogP) is 2.61. The molecule has 0 spiro atoms. The minimum Gasteiger partial charge on any atom is -0.492 e. The second-order valence-electron chi connectivity index (χ2n) is 3.96. The summed E-state index contributed by atoms with van der Waals surface area (Å²) in [7, 11) is 1.66. The molecule has 0 radical (unpaired) electrons. The van der Waals surface area contributed by atoms with Gasteiger partial charge in [-0.05, 0) is 17.7 Å². The third-order valence-electron chi connectivity index (χ3n) is 2.51. The van der Waals surface area contributed by atoms with Crippen molar-refractivity contribution < 1.29 is 9.90 Å². The van der Waals surface area contributed by atoms with E-state index in [1.165, 1.54) is 10.8 Å². The number of hydrogen-bond donors (Lipinski definition) is 2. The second kappa shape index (κ2) is 5.50. The van der Waals surface area contributed by atoms with Crippen molar-refractivity contribution in [3.63, 3.8) is 0 Å². The molecule has 1 amide bonds. The number of aromatic nitrogens is 2. The lowest BCUT2D eigenvalue weighted by molar-refractivity contribution is -0.115. The highest BCUT2D eigenvalue weighted by atomic mass is 35.5. The summed E-state index contributed by atoms with van der Waals surface area (Å²) in [6.07, 6.45) is 1.42. The molecule has 2 rings (SSSR count). The largest absolute Gasteiger partial charge is 0.492 e. The number of aromatic hydroxyl groups is 1. The first-order valence-electron chi connectivity index (χ1n) is 5.42. The molecule has 2 N–H and O–H groups in total. The van der Waals surface area contributed by atoms with E-state index in [2.05, 4.69) is 10.3 Å². The van der Waals surface area contributed by atoms with Crippen molar-refractivity contribution in [3.8, 4) is 5.88 Å². The maximum Gasteiger partial charge on any atom is 0.231 e. The van der Waals surface area contributed by atoms with Gasteiger partial charge in [-0.1, -0.05) is 29.3 Å². The summed E-state index contributed by atoms with van der Waals surface area (Å²) in [6.45, 7) is 0. The Morgan fingerprint density at radius 3 is 2.58 bits per heavy atom. The van der Waals surface area contributed by atoms with Crippen LogP contribution < -0.4 is 5.32 Å². The highest BCUT2D eigenvalue weighted by molar-refractivity contribution is 6.36. The van der Waals surface area contributed by atoms with Crippen LogP contribution >= 0.6 is 23.2 Å². The van der Waals surface area contributed by atoms with Gasteiger partial charge in [0.1, 0.15) is 0 Å². The van der Waals surface area contributed by atoms with Crippen molar-refractivity contribution in [2.45, 2.75) is 6.42 Å². The van der Waals surface area contributed by atoms with Gasteiger partial charge < -0.3 is 9.67 Å². The Labute approximate surface area is 119 Å². The molecule has 19 heavy (non-hydrogen) atoms. The molecule has 0 fully saturated rings. The van der Waals surface area contributed by atoms with Crippen LogP contribution in [0.25, 0.3) is 0 Å². The third kappa shape index (κ3) is 3.19. The quantitative estimate of drug-likeness (QED) is 0.915. The van der Waals surface area contributed by atoms with E-state index in [9.17, 15) is 9.90 Å². The summed E-state index contributed by atoms with van der Waals surface area (Å²) in [5, 5.41) is 12.6. The monoisotopic (exact) mass is 299 g/mol. The van der Waals surface area contributed by atoms with Gasteiger partial charge in [-0.3, -0.25) is 10.1 Å². The zero-order chi connectivity index (χ0) is 14.0. The van der Waals surface area contributed by atoms with E-state index in [0.717, 1.165) is 0 Å². The van der Waals surface area contributed by atoms with E-state index < -0.39 is 0 Å². The topological polar surface area (TPSA) is 67.2 Å². The van der Waals surface area contributed by atoms with E-state index in [1.807, 2.05) is 0 Å². The lowest BCUT2D eigenvalue weighted by Crippen LogP contribution is -2.17. The van der Waals surface area contributed by atoms with Crippen LogP contribution in [0.3, 0.4) is 0 Å². The van der Waals surface area contributed by atoms with Crippen LogP contribution in [-0.4, -0.2) is 20.6 Å². The van der Waals surface area contributed by atoms with Crippen molar-refractivity contribution >= 4 is 35.1 Å². The number of hydrogen-bond acceptors (Lipinski definition) is 3. The minimum absolute atomic E-state index is 0.0339. The maximum atomic E-state index is 11.9. The molecule has 0 aliphatic heterocycles. The van der Waals surface area contributed by atoms with Crippen molar-refractivity contribution in [3.05, 3.63) is 40.0 Å². The molecule has 1 aromatic carbocycles. The van der Waals surface area contributed by atoms with Crippen molar-refractivity contribution in [1.82, 2.24) is 9.55 Å². The first-order valence-corrected chi connectivity index (χ1v) is 6.18. The molecule has 0 unspecified atom stereocenters. The van der Waals surface area contributed by atoms with Gasteiger partial charge in [0.05, 0.1) is 12.6 Å². The van der Waals surface area contributed by atoms with Gasteiger partial charge in [0.25, 0.3) is 0 Å². The molecule has 100 valence electrons. The summed E-state index contributed by atoms with van der Waals surface area (Å²) in [5.41, 5.74) is 0.557. The maximum absolute atomic E-state index is 11.9. The van der Waals surface area contributed by atoms with Gasteiger partial charge in [0, 0.05) is 17.1 Å². The SMILES string of the molecule is Cn1cc(O)nc1NC(=O)Cc1c(Cl)cccc1Cl. The van der Waals surface area contributed by atoms with E-state index >= 15 is 0 Å². The number of carbonyl (C=O) groups excluding carboxylic acids is 1. The molecule has 1 aromatic heterocycles. The lowest BCUT2D eigenvalue weighted by Gasteiger charge is -2.07. The Kier molecular flexibility index (Phi) is 3.97. The molecule has 1 heterocycles. The molecule has 0 bridgehead atoms. The molecule has 0 aliphatic carbocycles. The van der Waals surface area contributed by atoms with Crippen LogP contribution in [0, 0.1) is 0 Å². The molecule has 2 aromatic rings. The third-order valence-corrected chi connectivity index (χ3v) is 3.22. The molecule has 5 nitrogen and oxygen atoms in total. The van der Waals surface area contributed by atoms with Gasteiger partial charge in [-0.25, -0.2) is 0 Å². The van der Waals surface area contributed by atoms with Crippen molar-refractivity contribution in [2.24, 2.45) is 7.05 Å². The van der Waals surface area contributed by atoms with Crippen LogP contribution in [0.4, 0.5) is 5.95 Å². The minimum atomic E-state index is -0.316. The lowest BCUT2D eigenvalue weighted by atomic mass is 10.1. The van der Waals surface area contributed by atoms with E-state index in [0.29, 0.717) is 15.6 Å². The van der Waals surface area contributed by atoms with E-state index in [1.54, 1.807) is 25.2 Å². The number of nitrogens with one attached hydrogen (secondary N) is 1. The Morgan fingerprint density at radius 2 is 2.05 bits per heavy atom. The van der Waals surface area contributed by atoms with Crippen LogP contribution in [0.5, 0.6) is 5.88 Å². The normalized spacial score (nSPS) is 10.5. The first-order chi connectivity index (χ1) is 8.97. The van der Waals surface area contributed by atoms with E-state index in [4.69, 9.17) is 23.2 Å². The fourth-order valence-electron chi connectivity index (χ4n) is 1.60. The second-order valence-corrected chi connectivity index (χ2v) is 4.77. The Morgan fingerprint density at radius 1 is 1.42 bits per heavy atom. The smallest absolute Gasteiger partial charge is 0.231 e. The van der Waals surface area contributed by atoms with Crippen LogP contribution in [0.2, 0.25) is 10.0 Å². The number of halogens is 2. The Balaban J connectivity index is 2.12. The fourth-order valence-corrected chi connectivity index (χ4v) is 2.13. The number of amides is 1. The average Bonchev–Trinajstić information content (AvgIpc) is 2.63. The van der Waals surface area contributed by atoms with Gasteiger partial charge >= 0.3 is 0 Å². The van der Waals surface area contributed by atoms with Gasteiger partial charge in [-0.2, -0.15) is 4.98 Å². The summed E-state index contributed by atoms with van der Waals surface area (Å²) >= 11 is 12.0. The summed E-state index contributed by atoms with van der Waals surface area (Å²) < 4.78 is 1.50. The van der Waals surface area contributed by atoms with Crippen LogP contribution in [0.1, 0.15) is 5.56 Å². The van der Waals surface area contributed by atoms with Gasteiger partial charge in [0.2, 0.25) is 17.7 Å². The summed E-state index contributed by atoms with van der Waals surface area (Å²) in [5.74, 6) is -0.219. The highest BCUT2D eigenvalue weighted by Crippen LogP contribution is 2.25. The van der Waals surface area contributed by atoms with Gasteiger partial charge in [0.15, 0.2) is 0 Å². The number of anilines is 1. The molecule has 0 atom stereocenters. The number of imidazole rings is 1.